The highest BCUT2D eigenvalue weighted by molar-refractivity contribution is 5.78. The second-order valence-corrected chi connectivity index (χ2v) is 7.53. The van der Waals surface area contributed by atoms with Crippen LogP contribution in [0, 0.1) is 11.3 Å². The lowest BCUT2D eigenvalue weighted by Gasteiger charge is -2.23. The van der Waals surface area contributed by atoms with E-state index in [1.807, 2.05) is 35.2 Å². The van der Waals surface area contributed by atoms with E-state index in [0.29, 0.717) is 44.1 Å². The van der Waals surface area contributed by atoms with Gasteiger partial charge in [0.2, 0.25) is 5.91 Å². The molecule has 1 N–H and O–H groups in total. The average molecular weight is 421 g/mol. The number of nitriles is 1. The Balaban J connectivity index is 1.43. The number of rotatable bonds is 6. The van der Waals surface area contributed by atoms with Crippen LogP contribution in [-0.2, 0) is 11.3 Å². The second kappa shape index (κ2) is 11.0. The Kier molecular flexibility index (Phi) is 7.82. The number of pyridine rings is 1. The molecule has 0 unspecified atom stereocenters. The molecule has 1 fully saturated rings. The maximum Gasteiger partial charge on any atom is 0.317 e. The third-order valence-corrected chi connectivity index (χ3v) is 5.28. The highest BCUT2D eigenvalue weighted by Gasteiger charge is 2.21. The summed E-state index contributed by atoms with van der Waals surface area (Å²) in [6.45, 7) is 3.42. The van der Waals surface area contributed by atoms with Crippen LogP contribution < -0.4 is 10.2 Å². The van der Waals surface area contributed by atoms with Crippen LogP contribution in [0.15, 0.2) is 48.7 Å². The summed E-state index contributed by atoms with van der Waals surface area (Å²) >= 11 is 0. The van der Waals surface area contributed by atoms with Crippen molar-refractivity contribution in [2.45, 2.75) is 19.4 Å². The van der Waals surface area contributed by atoms with Crippen LogP contribution >= 0.6 is 0 Å². The number of carbonyl (C=O) groups excluding carboxylic acids is 2. The van der Waals surface area contributed by atoms with Gasteiger partial charge in [-0.15, -0.1) is 0 Å². The molecule has 8 heteroatoms. The summed E-state index contributed by atoms with van der Waals surface area (Å²) in [6, 6.07) is 15.3. The molecule has 0 saturated carbocycles. The summed E-state index contributed by atoms with van der Waals surface area (Å²) in [5.74, 6) is 0.697. The molecule has 1 aromatic carbocycles. The number of anilines is 1. The van der Waals surface area contributed by atoms with Crippen LogP contribution in [-0.4, -0.2) is 66.5 Å². The summed E-state index contributed by atoms with van der Waals surface area (Å²) in [5.41, 5.74) is 1.60. The van der Waals surface area contributed by atoms with Gasteiger partial charge in [0.1, 0.15) is 11.9 Å². The SMILES string of the molecule is CN(Cc1ccccc1)C(=O)NCCC(=O)N1CCCN(c2ncccc2C#N)CC1. The Bertz CT molecular complexity index is 927. The Morgan fingerprint density at radius 1 is 1.13 bits per heavy atom. The van der Waals surface area contributed by atoms with Gasteiger partial charge in [-0.25, -0.2) is 9.78 Å². The van der Waals surface area contributed by atoms with Crippen LogP contribution in [0.1, 0.15) is 24.0 Å². The van der Waals surface area contributed by atoms with Crippen molar-refractivity contribution in [2.24, 2.45) is 0 Å². The molecule has 1 saturated heterocycles. The molecule has 0 bridgehead atoms. The summed E-state index contributed by atoms with van der Waals surface area (Å²) in [5, 5.41) is 12.1. The fourth-order valence-corrected chi connectivity index (χ4v) is 3.61. The molecule has 0 aliphatic carbocycles. The molecule has 3 rings (SSSR count). The lowest BCUT2D eigenvalue weighted by atomic mass is 10.2. The molecular formula is C23H28N6O2. The van der Waals surface area contributed by atoms with Crippen molar-refractivity contribution in [2.75, 3.05) is 44.7 Å². The van der Waals surface area contributed by atoms with Crippen molar-refractivity contribution in [3.63, 3.8) is 0 Å². The highest BCUT2D eigenvalue weighted by atomic mass is 16.2. The van der Waals surface area contributed by atoms with E-state index in [4.69, 9.17) is 0 Å². The van der Waals surface area contributed by atoms with E-state index >= 15 is 0 Å². The number of urea groups is 1. The Morgan fingerprint density at radius 2 is 1.94 bits per heavy atom. The van der Waals surface area contributed by atoms with E-state index in [1.54, 1.807) is 30.3 Å². The van der Waals surface area contributed by atoms with E-state index in [9.17, 15) is 14.9 Å². The molecule has 2 aromatic rings. The zero-order chi connectivity index (χ0) is 22.1. The van der Waals surface area contributed by atoms with Crippen LogP contribution in [0.4, 0.5) is 10.6 Å². The van der Waals surface area contributed by atoms with Crippen molar-refractivity contribution in [1.29, 1.82) is 5.26 Å². The molecule has 3 amide bonds. The molecule has 1 aliphatic rings. The molecule has 162 valence electrons. The standard InChI is InChI=1S/C23H28N6O2/c1-27(18-19-7-3-2-4-8-19)23(31)26-12-10-21(30)28-13-6-14-29(16-15-28)22-20(17-24)9-5-11-25-22/h2-5,7-9,11H,6,10,12-16,18H2,1H3,(H,26,31). The van der Waals surface area contributed by atoms with Crippen LogP contribution in [0.2, 0.25) is 0 Å². The molecule has 8 nitrogen and oxygen atoms in total. The molecule has 31 heavy (non-hydrogen) atoms. The van der Waals surface area contributed by atoms with Gasteiger partial charge in [0.25, 0.3) is 0 Å². The normalized spacial score (nSPS) is 13.8. The largest absolute Gasteiger partial charge is 0.354 e. The smallest absolute Gasteiger partial charge is 0.317 e. The first-order chi connectivity index (χ1) is 15.1. The van der Waals surface area contributed by atoms with Crippen molar-refractivity contribution >= 4 is 17.8 Å². The van der Waals surface area contributed by atoms with Crippen molar-refractivity contribution in [1.82, 2.24) is 20.1 Å². The minimum Gasteiger partial charge on any atom is -0.354 e. The minimum absolute atomic E-state index is 0.0226. The summed E-state index contributed by atoms with van der Waals surface area (Å²) in [6.07, 6.45) is 2.75. The summed E-state index contributed by atoms with van der Waals surface area (Å²) < 4.78 is 0. The number of nitrogens with zero attached hydrogens (tertiary/aromatic N) is 5. The summed E-state index contributed by atoms with van der Waals surface area (Å²) in [7, 11) is 1.74. The van der Waals surface area contributed by atoms with Gasteiger partial charge >= 0.3 is 6.03 Å². The molecular weight excluding hydrogens is 392 g/mol. The number of hydrogen-bond donors (Lipinski definition) is 1. The first kappa shape index (κ1) is 22.1. The molecule has 0 radical (unpaired) electrons. The van der Waals surface area contributed by atoms with Crippen LogP contribution in [0.5, 0.6) is 0 Å². The zero-order valence-electron chi connectivity index (χ0n) is 17.8. The monoisotopic (exact) mass is 420 g/mol. The molecule has 0 spiro atoms. The first-order valence-corrected chi connectivity index (χ1v) is 10.5. The number of benzene rings is 1. The predicted octanol–water partition coefficient (Wildman–Crippen LogP) is 2.22. The second-order valence-electron chi connectivity index (χ2n) is 7.53. The predicted molar refractivity (Wildman–Crippen MR) is 118 cm³/mol. The zero-order valence-corrected chi connectivity index (χ0v) is 17.8. The number of aromatic nitrogens is 1. The molecule has 1 aliphatic heterocycles. The van der Waals surface area contributed by atoms with Crippen molar-refractivity contribution in [3.8, 4) is 6.07 Å². The quantitative estimate of drug-likeness (QED) is 0.774. The van der Waals surface area contributed by atoms with E-state index in [1.165, 1.54) is 0 Å². The van der Waals surface area contributed by atoms with Crippen LogP contribution in [0.3, 0.4) is 0 Å². The Labute approximate surface area is 183 Å². The van der Waals surface area contributed by atoms with Gasteiger partial charge < -0.3 is 20.0 Å². The van der Waals surface area contributed by atoms with Gasteiger partial charge in [-0.05, 0) is 24.1 Å². The number of amides is 3. The lowest BCUT2D eigenvalue weighted by molar-refractivity contribution is -0.130. The number of carbonyl (C=O) groups is 2. The summed E-state index contributed by atoms with van der Waals surface area (Å²) in [4.78, 5) is 34.7. The fraction of sp³-hybridized carbons (Fsp3) is 0.391. The van der Waals surface area contributed by atoms with Crippen molar-refractivity contribution in [3.05, 3.63) is 59.8 Å². The molecule has 1 aromatic heterocycles. The van der Waals surface area contributed by atoms with Gasteiger partial charge in [0, 0.05) is 58.9 Å². The Morgan fingerprint density at radius 3 is 2.71 bits per heavy atom. The third kappa shape index (κ3) is 6.19. The van der Waals surface area contributed by atoms with Crippen molar-refractivity contribution < 1.29 is 9.59 Å². The minimum atomic E-state index is -0.196. The van der Waals surface area contributed by atoms with Crippen LogP contribution in [0.25, 0.3) is 0 Å². The van der Waals surface area contributed by atoms with E-state index < -0.39 is 0 Å². The first-order valence-electron chi connectivity index (χ1n) is 10.5. The topological polar surface area (TPSA) is 92.6 Å². The average Bonchev–Trinajstić information content (AvgIpc) is 3.06. The highest BCUT2D eigenvalue weighted by Crippen LogP contribution is 2.18. The van der Waals surface area contributed by atoms with Gasteiger partial charge in [0.05, 0.1) is 5.56 Å². The number of nitrogens with one attached hydrogen (secondary N) is 1. The van der Waals surface area contributed by atoms with Gasteiger partial charge in [-0.3, -0.25) is 4.79 Å². The van der Waals surface area contributed by atoms with E-state index in [0.717, 1.165) is 18.5 Å². The van der Waals surface area contributed by atoms with E-state index in [-0.39, 0.29) is 18.4 Å². The number of hydrogen-bond acceptors (Lipinski definition) is 5. The maximum atomic E-state index is 12.6. The van der Waals surface area contributed by atoms with Gasteiger partial charge in [-0.1, -0.05) is 30.3 Å². The fourth-order valence-electron chi connectivity index (χ4n) is 3.61. The third-order valence-electron chi connectivity index (χ3n) is 5.28. The van der Waals surface area contributed by atoms with E-state index in [2.05, 4.69) is 21.3 Å². The van der Waals surface area contributed by atoms with Gasteiger partial charge in [0.15, 0.2) is 0 Å². The maximum absolute atomic E-state index is 12.6. The van der Waals surface area contributed by atoms with Gasteiger partial charge in [-0.2, -0.15) is 5.26 Å². The lowest BCUT2D eigenvalue weighted by Crippen LogP contribution is -2.40. The molecule has 0 atom stereocenters. The Hall–Kier alpha value is -3.60. The molecule has 2 heterocycles.